The molecular formula is C11H9ClN2O2. The highest BCUT2D eigenvalue weighted by Crippen LogP contribution is 2.12. The Kier molecular flexibility index (Phi) is 2.92. The summed E-state index contributed by atoms with van der Waals surface area (Å²) in [6.07, 6.45) is 2.90. The van der Waals surface area contributed by atoms with Crippen LogP contribution in [0, 0.1) is 6.92 Å². The van der Waals surface area contributed by atoms with Gasteiger partial charge in [-0.15, -0.1) is 0 Å². The van der Waals surface area contributed by atoms with Crippen molar-refractivity contribution in [2.75, 3.05) is 5.32 Å². The molecule has 2 aromatic rings. The van der Waals surface area contributed by atoms with Gasteiger partial charge in [0.1, 0.15) is 17.2 Å². The zero-order chi connectivity index (χ0) is 11.5. The monoisotopic (exact) mass is 236 g/mol. The molecule has 82 valence electrons. The lowest BCUT2D eigenvalue weighted by atomic mass is 10.3. The fraction of sp³-hybridized carbons (Fsp3) is 0.0909. The third-order valence-corrected chi connectivity index (χ3v) is 2.20. The number of anilines is 1. The number of pyridine rings is 1. The number of nitrogens with one attached hydrogen (secondary N) is 1. The number of furan rings is 1. The molecule has 0 saturated carbocycles. The highest BCUT2D eigenvalue weighted by atomic mass is 35.5. The molecule has 0 radical (unpaired) electrons. The maximum absolute atomic E-state index is 11.7. The van der Waals surface area contributed by atoms with Gasteiger partial charge in [0.15, 0.2) is 0 Å². The van der Waals surface area contributed by atoms with Gasteiger partial charge in [0.2, 0.25) is 0 Å². The van der Waals surface area contributed by atoms with Crippen LogP contribution in [-0.4, -0.2) is 10.9 Å². The fourth-order valence-electron chi connectivity index (χ4n) is 1.22. The quantitative estimate of drug-likeness (QED) is 0.816. The van der Waals surface area contributed by atoms with Crippen LogP contribution >= 0.6 is 11.6 Å². The minimum Gasteiger partial charge on any atom is -0.469 e. The maximum Gasteiger partial charge on any atom is 0.258 e. The first-order valence-corrected chi connectivity index (χ1v) is 5.01. The van der Waals surface area contributed by atoms with Gasteiger partial charge in [0.25, 0.3) is 5.91 Å². The fourth-order valence-corrected chi connectivity index (χ4v) is 1.33. The van der Waals surface area contributed by atoms with Crippen LogP contribution in [0.25, 0.3) is 0 Å². The number of aryl methyl sites for hydroxylation is 1. The van der Waals surface area contributed by atoms with Crippen LogP contribution in [-0.2, 0) is 0 Å². The van der Waals surface area contributed by atoms with Gasteiger partial charge in [-0.1, -0.05) is 11.6 Å². The van der Waals surface area contributed by atoms with Crippen molar-refractivity contribution in [3.05, 3.63) is 47.1 Å². The molecule has 0 fully saturated rings. The summed E-state index contributed by atoms with van der Waals surface area (Å²) in [5.41, 5.74) is 1.07. The normalized spacial score (nSPS) is 10.1. The van der Waals surface area contributed by atoms with Gasteiger partial charge >= 0.3 is 0 Å². The predicted molar refractivity (Wildman–Crippen MR) is 60.6 cm³/mol. The van der Waals surface area contributed by atoms with Crippen LogP contribution in [0.4, 0.5) is 5.69 Å². The summed E-state index contributed by atoms with van der Waals surface area (Å²) in [6, 6.07) is 4.96. The second-order valence-corrected chi connectivity index (χ2v) is 3.66. The molecule has 0 saturated heterocycles. The Bertz CT molecular complexity index is 505. The zero-order valence-electron chi connectivity index (χ0n) is 8.53. The van der Waals surface area contributed by atoms with E-state index in [0.29, 0.717) is 22.2 Å². The van der Waals surface area contributed by atoms with Crippen LogP contribution in [0.1, 0.15) is 16.1 Å². The molecule has 1 amide bonds. The van der Waals surface area contributed by atoms with Crippen molar-refractivity contribution in [1.29, 1.82) is 0 Å². The average molecular weight is 237 g/mol. The largest absolute Gasteiger partial charge is 0.469 e. The van der Waals surface area contributed by atoms with Crippen molar-refractivity contribution in [1.82, 2.24) is 4.98 Å². The van der Waals surface area contributed by atoms with Gasteiger partial charge in [-0.25, -0.2) is 4.98 Å². The predicted octanol–water partition coefficient (Wildman–Crippen LogP) is 2.89. The Morgan fingerprint density at radius 2 is 2.31 bits per heavy atom. The molecule has 16 heavy (non-hydrogen) atoms. The molecule has 4 nitrogen and oxygen atoms in total. The lowest BCUT2D eigenvalue weighted by molar-refractivity contribution is 0.102. The SMILES string of the molecule is Cc1cc(C(=O)Nc2ccc(Cl)nc2)co1. The standard InChI is InChI=1S/C11H9ClN2O2/c1-7-4-8(6-16-7)11(15)14-9-2-3-10(12)13-5-9/h2-6H,1H3,(H,14,15). The highest BCUT2D eigenvalue weighted by molar-refractivity contribution is 6.29. The average Bonchev–Trinajstić information content (AvgIpc) is 2.68. The van der Waals surface area contributed by atoms with Crippen molar-refractivity contribution in [2.45, 2.75) is 6.92 Å². The molecule has 0 unspecified atom stereocenters. The molecule has 2 aromatic heterocycles. The maximum atomic E-state index is 11.7. The molecule has 2 heterocycles. The first kappa shape index (κ1) is 10.7. The molecule has 0 bridgehead atoms. The van der Waals surface area contributed by atoms with Gasteiger partial charge in [-0.2, -0.15) is 0 Å². The molecule has 0 aromatic carbocycles. The molecule has 0 aliphatic carbocycles. The number of aromatic nitrogens is 1. The first-order valence-electron chi connectivity index (χ1n) is 4.63. The number of hydrogen-bond donors (Lipinski definition) is 1. The summed E-state index contributed by atoms with van der Waals surface area (Å²) in [7, 11) is 0. The second kappa shape index (κ2) is 4.37. The van der Waals surface area contributed by atoms with E-state index in [1.165, 1.54) is 12.5 Å². The van der Waals surface area contributed by atoms with E-state index in [2.05, 4.69) is 10.3 Å². The number of hydrogen-bond acceptors (Lipinski definition) is 3. The summed E-state index contributed by atoms with van der Waals surface area (Å²) >= 11 is 5.63. The highest BCUT2D eigenvalue weighted by Gasteiger charge is 2.08. The van der Waals surface area contributed by atoms with E-state index in [9.17, 15) is 4.79 Å². The third kappa shape index (κ3) is 2.41. The Morgan fingerprint density at radius 1 is 1.50 bits per heavy atom. The molecule has 0 spiro atoms. The van der Waals surface area contributed by atoms with Crippen molar-refractivity contribution in [3.8, 4) is 0 Å². The zero-order valence-corrected chi connectivity index (χ0v) is 9.28. The van der Waals surface area contributed by atoms with Gasteiger partial charge in [0, 0.05) is 0 Å². The van der Waals surface area contributed by atoms with E-state index in [-0.39, 0.29) is 5.91 Å². The van der Waals surface area contributed by atoms with E-state index in [1.54, 1.807) is 25.1 Å². The second-order valence-electron chi connectivity index (χ2n) is 3.27. The Morgan fingerprint density at radius 3 is 2.88 bits per heavy atom. The molecule has 0 aliphatic rings. The Labute approximate surface area is 97.2 Å². The Hall–Kier alpha value is -1.81. The number of halogens is 1. The van der Waals surface area contributed by atoms with Crippen LogP contribution in [0.2, 0.25) is 5.15 Å². The number of carbonyl (C=O) groups excluding carboxylic acids is 1. The van der Waals surface area contributed by atoms with Crippen molar-refractivity contribution < 1.29 is 9.21 Å². The van der Waals surface area contributed by atoms with E-state index in [4.69, 9.17) is 16.0 Å². The Balaban J connectivity index is 2.10. The first-order chi connectivity index (χ1) is 7.65. The van der Waals surface area contributed by atoms with Crippen LogP contribution in [0.15, 0.2) is 35.1 Å². The van der Waals surface area contributed by atoms with Crippen molar-refractivity contribution in [2.24, 2.45) is 0 Å². The van der Waals surface area contributed by atoms with Gasteiger partial charge in [0.05, 0.1) is 17.4 Å². The summed E-state index contributed by atoms with van der Waals surface area (Å²) < 4.78 is 5.04. The summed E-state index contributed by atoms with van der Waals surface area (Å²) in [5.74, 6) is 0.459. The smallest absolute Gasteiger partial charge is 0.258 e. The molecule has 0 aliphatic heterocycles. The summed E-state index contributed by atoms with van der Waals surface area (Å²) in [4.78, 5) is 15.5. The van der Waals surface area contributed by atoms with Gasteiger partial charge < -0.3 is 9.73 Å². The number of amides is 1. The number of carbonyl (C=O) groups is 1. The van der Waals surface area contributed by atoms with E-state index < -0.39 is 0 Å². The van der Waals surface area contributed by atoms with E-state index >= 15 is 0 Å². The van der Waals surface area contributed by atoms with Crippen LogP contribution in [0.5, 0.6) is 0 Å². The lowest BCUT2D eigenvalue weighted by Crippen LogP contribution is -2.10. The van der Waals surface area contributed by atoms with E-state index in [1.807, 2.05) is 0 Å². The molecule has 0 atom stereocenters. The molecule has 2 rings (SSSR count). The van der Waals surface area contributed by atoms with Crippen molar-refractivity contribution in [3.63, 3.8) is 0 Å². The summed E-state index contributed by atoms with van der Waals surface area (Å²) in [6.45, 7) is 1.78. The minimum absolute atomic E-state index is 0.235. The minimum atomic E-state index is -0.235. The van der Waals surface area contributed by atoms with Gasteiger partial charge in [-0.3, -0.25) is 4.79 Å². The van der Waals surface area contributed by atoms with Gasteiger partial charge in [-0.05, 0) is 25.1 Å². The third-order valence-electron chi connectivity index (χ3n) is 1.98. The van der Waals surface area contributed by atoms with Crippen molar-refractivity contribution >= 4 is 23.2 Å². The number of nitrogens with zero attached hydrogens (tertiary/aromatic N) is 1. The molecule has 1 N–H and O–H groups in total. The number of rotatable bonds is 2. The van der Waals surface area contributed by atoms with E-state index in [0.717, 1.165) is 0 Å². The molecular weight excluding hydrogens is 228 g/mol. The topological polar surface area (TPSA) is 55.1 Å². The van der Waals surface area contributed by atoms with Crippen LogP contribution in [0.3, 0.4) is 0 Å². The lowest BCUT2D eigenvalue weighted by Gasteiger charge is -2.01. The summed E-state index contributed by atoms with van der Waals surface area (Å²) in [5, 5.41) is 3.06. The van der Waals surface area contributed by atoms with Crippen LogP contribution < -0.4 is 5.32 Å². The molecule has 5 heteroatoms.